The summed E-state index contributed by atoms with van der Waals surface area (Å²) in [5.74, 6) is -0.128. The Balaban J connectivity index is 1.66. The van der Waals surface area contributed by atoms with E-state index < -0.39 is 11.7 Å². The smallest absolute Gasteiger partial charge is 0.255 e. The molecule has 1 N–H and O–H groups in total. The fourth-order valence-electron chi connectivity index (χ4n) is 2.20. The van der Waals surface area contributed by atoms with Gasteiger partial charge in [-0.05, 0) is 18.2 Å². The molecule has 2 heterocycles. The van der Waals surface area contributed by atoms with Crippen molar-refractivity contribution in [3.05, 3.63) is 65.5 Å². The fraction of sp³-hybridized carbons (Fsp3) is 0.125. The van der Waals surface area contributed by atoms with Crippen molar-refractivity contribution < 1.29 is 9.18 Å². The third-order valence-corrected chi connectivity index (χ3v) is 3.62. The summed E-state index contributed by atoms with van der Waals surface area (Å²) in [6, 6.07) is 5.84. The van der Waals surface area contributed by atoms with Crippen LogP contribution in [-0.4, -0.2) is 32.0 Å². The van der Waals surface area contributed by atoms with Crippen LogP contribution < -0.4 is 5.32 Å². The predicted octanol–water partition coefficient (Wildman–Crippen LogP) is 2.56. The van der Waals surface area contributed by atoms with E-state index >= 15 is 0 Å². The van der Waals surface area contributed by atoms with Gasteiger partial charge in [-0.25, -0.2) is 19.3 Å². The van der Waals surface area contributed by atoms with Gasteiger partial charge in [-0.3, -0.25) is 4.79 Å². The van der Waals surface area contributed by atoms with E-state index in [2.05, 4.69) is 20.3 Å². The Bertz CT molecular complexity index is 832. The SMILES string of the molecule is O=C(NCCn1ccnc1-c1ncccn1)c1c(F)cccc1Cl. The van der Waals surface area contributed by atoms with Crippen molar-refractivity contribution in [2.75, 3.05) is 6.54 Å². The lowest BCUT2D eigenvalue weighted by molar-refractivity contribution is 0.0948. The Kier molecular flexibility index (Phi) is 4.81. The highest BCUT2D eigenvalue weighted by Crippen LogP contribution is 2.18. The number of aromatic nitrogens is 4. The number of nitrogens with one attached hydrogen (secondary N) is 1. The molecule has 0 saturated heterocycles. The number of halogens is 2. The van der Waals surface area contributed by atoms with E-state index in [1.165, 1.54) is 18.2 Å². The third kappa shape index (κ3) is 3.41. The lowest BCUT2D eigenvalue weighted by Gasteiger charge is -2.09. The molecule has 1 aromatic carbocycles. The Labute approximate surface area is 142 Å². The summed E-state index contributed by atoms with van der Waals surface area (Å²) in [4.78, 5) is 24.6. The van der Waals surface area contributed by atoms with Gasteiger partial charge in [0.25, 0.3) is 5.91 Å². The van der Waals surface area contributed by atoms with Crippen molar-refractivity contribution in [3.8, 4) is 11.6 Å². The summed E-state index contributed by atoms with van der Waals surface area (Å²) in [5.41, 5.74) is -0.156. The molecule has 0 fully saturated rings. The first-order valence-corrected chi connectivity index (χ1v) is 7.55. The number of benzene rings is 1. The number of rotatable bonds is 5. The second kappa shape index (κ2) is 7.18. The quantitative estimate of drug-likeness (QED) is 0.771. The highest BCUT2D eigenvalue weighted by Gasteiger charge is 2.15. The van der Waals surface area contributed by atoms with Gasteiger partial charge < -0.3 is 9.88 Å². The van der Waals surface area contributed by atoms with E-state index in [9.17, 15) is 9.18 Å². The van der Waals surface area contributed by atoms with Crippen molar-refractivity contribution in [2.45, 2.75) is 6.54 Å². The van der Waals surface area contributed by atoms with Crippen LogP contribution in [0.5, 0.6) is 0 Å². The van der Waals surface area contributed by atoms with Crippen LogP contribution in [-0.2, 0) is 6.54 Å². The normalized spacial score (nSPS) is 10.6. The Hall–Kier alpha value is -2.80. The zero-order valence-corrected chi connectivity index (χ0v) is 13.2. The number of hydrogen-bond acceptors (Lipinski definition) is 4. The van der Waals surface area contributed by atoms with E-state index in [0.717, 1.165) is 0 Å². The summed E-state index contributed by atoms with van der Waals surface area (Å²) in [7, 11) is 0. The van der Waals surface area contributed by atoms with E-state index in [4.69, 9.17) is 11.6 Å². The summed E-state index contributed by atoms with van der Waals surface area (Å²) in [6.45, 7) is 0.713. The van der Waals surface area contributed by atoms with Crippen LogP contribution in [0.1, 0.15) is 10.4 Å². The maximum atomic E-state index is 13.7. The van der Waals surface area contributed by atoms with Crippen molar-refractivity contribution in [3.63, 3.8) is 0 Å². The van der Waals surface area contributed by atoms with Gasteiger partial charge in [-0.2, -0.15) is 0 Å². The summed E-state index contributed by atoms with van der Waals surface area (Å²) >= 11 is 5.88. The maximum Gasteiger partial charge on any atom is 0.255 e. The molecule has 0 aliphatic heterocycles. The van der Waals surface area contributed by atoms with Crippen molar-refractivity contribution >= 4 is 17.5 Å². The molecule has 0 saturated carbocycles. The van der Waals surface area contributed by atoms with Crippen LogP contribution in [0.15, 0.2) is 49.1 Å². The monoisotopic (exact) mass is 345 g/mol. The Morgan fingerprint density at radius 1 is 1.17 bits per heavy atom. The minimum atomic E-state index is -0.652. The Morgan fingerprint density at radius 2 is 1.96 bits per heavy atom. The first-order chi connectivity index (χ1) is 11.7. The first kappa shape index (κ1) is 16.1. The highest BCUT2D eigenvalue weighted by molar-refractivity contribution is 6.33. The maximum absolute atomic E-state index is 13.7. The van der Waals surface area contributed by atoms with Gasteiger partial charge in [0.05, 0.1) is 10.6 Å². The zero-order valence-electron chi connectivity index (χ0n) is 12.5. The van der Waals surface area contributed by atoms with Crippen molar-refractivity contribution in [1.82, 2.24) is 24.8 Å². The molecule has 0 aliphatic carbocycles. The molecule has 0 spiro atoms. The van der Waals surface area contributed by atoms with Crippen molar-refractivity contribution in [2.24, 2.45) is 0 Å². The van der Waals surface area contributed by atoms with Gasteiger partial charge in [-0.1, -0.05) is 17.7 Å². The van der Waals surface area contributed by atoms with Crippen LogP contribution >= 0.6 is 11.6 Å². The molecular weight excluding hydrogens is 333 g/mol. The van der Waals surface area contributed by atoms with Gasteiger partial charge in [-0.15, -0.1) is 0 Å². The number of carbonyl (C=O) groups is 1. The summed E-state index contributed by atoms with van der Waals surface area (Å²) in [5, 5.41) is 2.72. The molecule has 122 valence electrons. The number of imidazole rings is 1. The van der Waals surface area contributed by atoms with Crippen LogP contribution in [0.4, 0.5) is 4.39 Å². The average Bonchev–Trinajstić information content (AvgIpc) is 3.04. The molecular formula is C16H13ClFN5O. The van der Waals surface area contributed by atoms with Crippen LogP contribution in [0.3, 0.4) is 0 Å². The molecule has 0 atom stereocenters. The molecule has 3 aromatic rings. The van der Waals surface area contributed by atoms with Crippen LogP contribution in [0.25, 0.3) is 11.6 Å². The van der Waals surface area contributed by atoms with Crippen LogP contribution in [0.2, 0.25) is 5.02 Å². The first-order valence-electron chi connectivity index (χ1n) is 7.17. The third-order valence-electron chi connectivity index (χ3n) is 3.31. The molecule has 6 nitrogen and oxygen atoms in total. The van der Waals surface area contributed by atoms with Gasteiger partial charge >= 0.3 is 0 Å². The molecule has 0 radical (unpaired) electrons. The highest BCUT2D eigenvalue weighted by atomic mass is 35.5. The molecule has 1 amide bonds. The molecule has 3 rings (SSSR count). The second-order valence-electron chi connectivity index (χ2n) is 4.87. The number of hydrogen-bond donors (Lipinski definition) is 1. The largest absolute Gasteiger partial charge is 0.350 e. The van der Waals surface area contributed by atoms with E-state index in [1.54, 1.807) is 35.4 Å². The molecule has 0 unspecified atom stereocenters. The van der Waals surface area contributed by atoms with E-state index in [-0.39, 0.29) is 17.1 Å². The van der Waals surface area contributed by atoms with E-state index in [1.807, 2.05) is 0 Å². The standard InChI is InChI=1S/C16H13ClFN5O/c17-11-3-1-4-12(18)13(11)16(24)22-8-10-23-9-7-21-15(23)14-19-5-2-6-20-14/h1-7,9H,8,10H2,(H,22,24). The predicted molar refractivity (Wildman–Crippen MR) is 87.0 cm³/mol. The topological polar surface area (TPSA) is 72.7 Å². The lowest BCUT2D eigenvalue weighted by atomic mass is 10.2. The number of amides is 1. The van der Waals surface area contributed by atoms with E-state index in [0.29, 0.717) is 18.2 Å². The zero-order chi connectivity index (χ0) is 16.9. The minimum Gasteiger partial charge on any atom is -0.350 e. The van der Waals surface area contributed by atoms with Gasteiger partial charge in [0.2, 0.25) is 0 Å². The van der Waals surface area contributed by atoms with Crippen molar-refractivity contribution in [1.29, 1.82) is 0 Å². The number of nitrogens with zero attached hydrogens (tertiary/aromatic N) is 4. The molecule has 2 aromatic heterocycles. The Morgan fingerprint density at radius 3 is 2.71 bits per heavy atom. The summed E-state index contributed by atoms with van der Waals surface area (Å²) < 4.78 is 15.5. The lowest BCUT2D eigenvalue weighted by Crippen LogP contribution is -2.28. The van der Waals surface area contributed by atoms with Gasteiger partial charge in [0.1, 0.15) is 5.82 Å². The number of carbonyl (C=O) groups excluding carboxylic acids is 1. The average molecular weight is 346 g/mol. The molecule has 0 bridgehead atoms. The second-order valence-corrected chi connectivity index (χ2v) is 5.28. The fourth-order valence-corrected chi connectivity index (χ4v) is 2.45. The van der Waals surface area contributed by atoms with Gasteiger partial charge in [0.15, 0.2) is 11.6 Å². The molecule has 0 aliphatic rings. The minimum absolute atomic E-state index is 0.0773. The summed E-state index contributed by atoms with van der Waals surface area (Å²) in [6.07, 6.45) is 6.64. The van der Waals surface area contributed by atoms with Crippen LogP contribution in [0, 0.1) is 5.82 Å². The molecule has 8 heteroatoms. The molecule has 24 heavy (non-hydrogen) atoms. The van der Waals surface area contributed by atoms with Gasteiger partial charge in [0, 0.05) is 37.9 Å².